The van der Waals surface area contributed by atoms with E-state index >= 15 is 0 Å². The number of benzene rings is 3. The molecule has 3 aromatic carbocycles. The van der Waals surface area contributed by atoms with E-state index in [0.717, 1.165) is 0 Å². The fraction of sp³-hybridized carbons (Fsp3) is 0.386. The number of carbonyl (C=O) groups excluding carboxylic acids is 8. The lowest BCUT2D eigenvalue weighted by atomic mass is 9.98. The largest absolute Gasteiger partial charge is 0.394 e. The molecule has 16 N–H and O–H groups in total. The number of hydrogen-bond donors (Lipinski definition) is 11. The van der Waals surface area contributed by atoms with Gasteiger partial charge in [-0.05, 0) is 36.3 Å². The van der Waals surface area contributed by atoms with Crippen LogP contribution in [0.3, 0.4) is 0 Å². The summed E-state index contributed by atoms with van der Waals surface area (Å²) in [6.45, 7) is 2.95. The lowest BCUT2D eigenvalue weighted by Crippen LogP contribution is -2.60. The number of aliphatic hydroxyl groups is 1. The predicted molar refractivity (Wildman–Crippen MR) is 237 cm³/mol. The first-order valence-electron chi connectivity index (χ1n) is 20.6. The maximum absolute atomic E-state index is 14.4. The molecule has 0 aromatic heterocycles. The fourth-order valence-corrected chi connectivity index (χ4v) is 6.40. The first-order valence-corrected chi connectivity index (χ1v) is 20.6. The highest BCUT2D eigenvalue weighted by molar-refractivity contribution is 6.09. The number of nitrogens with zero attached hydrogens (tertiary/aromatic N) is 1. The van der Waals surface area contributed by atoms with E-state index in [9.17, 15) is 43.5 Å². The summed E-state index contributed by atoms with van der Waals surface area (Å²) in [5.74, 6) is -6.74. The standard InChI is InChI=1S/C44H59N11O9/c1-25(2)20-33(41(62)51-31(14-9-19-50-44(48)49)40(61)52-32(38(47)59)23-36(46)57)54-43(64)35(22-27-15-17-29(18-16-27)37(58)28-12-7-4-8-13-28)55-42(63)34(53-39(60)30(45)24-56)21-26-10-5-3-6-11-26/h3-8,10-13,15-18,25,30-35,56H,9,14,19-24,45H2,1-2H3,(H2,46,57)(H2,47,59)(H,51,62)(H,52,61)(H,53,60)(H,54,64)(H,55,63)(H4,48,49,50)/t30-,31-,32-,33-,34-,35-/m0/s1. The van der Waals surface area contributed by atoms with Crippen LogP contribution in [0.5, 0.6) is 0 Å². The molecule has 0 radical (unpaired) electrons. The average molecular weight is 886 g/mol. The van der Waals surface area contributed by atoms with Gasteiger partial charge in [0.2, 0.25) is 41.4 Å². The number of carbonyl (C=O) groups is 8. The van der Waals surface area contributed by atoms with Crippen LogP contribution >= 0.6 is 0 Å². The van der Waals surface area contributed by atoms with Gasteiger partial charge in [-0.15, -0.1) is 0 Å². The number of nitrogens with two attached hydrogens (primary N) is 5. The predicted octanol–water partition coefficient (Wildman–Crippen LogP) is -2.09. The minimum atomic E-state index is -1.49. The molecule has 0 aliphatic heterocycles. The third kappa shape index (κ3) is 17.3. The molecule has 0 fully saturated rings. The van der Waals surface area contributed by atoms with Crippen LogP contribution < -0.4 is 55.3 Å². The number of primary amides is 2. The zero-order valence-corrected chi connectivity index (χ0v) is 35.8. The van der Waals surface area contributed by atoms with Crippen molar-refractivity contribution in [3.63, 3.8) is 0 Å². The second kappa shape index (κ2) is 25.7. The second-order valence-corrected chi connectivity index (χ2v) is 15.5. The molecular formula is C44H59N11O9. The maximum Gasteiger partial charge on any atom is 0.243 e. The molecule has 0 bridgehead atoms. The van der Waals surface area contributed by atoms with Gasteiger partial charge >= 0.3 is 0 Å². The van der Waals surface area contributed by atoms with Crippen LogP contribution in [0.2, 0.25) is 0 Å². The zero-order chi connectivity index (χ0) is 47.3. The van der Waals surface area contributed by atoms with E-state index in [1.807, 2.05) is 0 Å². The van der Waals surface area contributed by atoms with Crippen molar-refractivity contribution in [3.05, 3.63) is 107 Å². The second-order valence-electron chi connectivity index (χ2n) is 15.5. The molecule has 0 aliphatic carbocycles. The van der Waals surface area contributed by atoms with E-state index in [1.165, 1.54) is 0 Å². The highest BCUT2D eigenvalue weighted by atomic mass is 16.3. The van der Waals surface area contributed by atoms with Crippen molar-refractivity contribution in [3.8, 4) is 0 Å². The molecule has 0 aliphatic rings. The normalized spacial score (nSPS) is 13.7. The van der Waals surface area contributed by atoms with Gasteiger partial charge in [0.05, 0.1) is 13.0 Å². The van der Waals surface area contributed by atoms with E-state index in [0.29, 0.717) is 22.3 Å². The number of aliphatic hydroxyl groups excluding tert-OH is 1. The quantitative estimate of drug-likeness (QED) is 0.0179. The van der Waals surface area contributed by atoms with Gasteiger partial charge in [0.25, 0.3) is 0 Å². The average Bonchev–Trinajstić information content (AvgIpc) is 3.26. The van der Waals surface area contributed by atoms with Crippen molar-refractivity contribution < 1.29 is 43.5 Å². The summed E-state index contributed by atoms with van der Waals surface area (Å²) in [6, 6.07) is 15.6. The van der Waals surface area contributed by atoms with Crippen LogP contribution in [-0.4, -0.2) is 108 Å². The van der Waals surface area contributed by atoms with E-state index in [1.54, 1.807) is 98.8 Å². The highest BCUT2D eigenvalue weighted by Gasteiger charge is 2.33. The minimum absolute atomic E-state index is 0.0255. The third-order valence-corrected chi connectivity index (χ3v) is 9.76. The van der Waals surface area contributed by atoms with Crippen molar-refractivity contribution in [1.82, 2.24) is 26.6 Å². The summed E-state index contributed by atoms with van der Waals surface area (Å²) in [7, 11) is 0. The molecule has 20 nitrogen and oxygen atoms in total. The topological polar surface area (TPSA) is 359 Å². The van der Waals surface area contributed by atoms with Crippen molar-refractivity contribution in [2.75, 3.05) is 13.2 Å². The van der Waals surface area contributed by atoms with Gasteiger partial charge in [-0.2, -0.15) is 0 Å². The minimum Gasteiger partial charge on any atom is -0.394 e. The molecule has 3 aromatic rings. The van der Waals surface area contributed by atoms with E-state index in [2.05, 4.69) is 31.6 Å². The SMILES string of the molecule is CC(C)C[C@H](NC(=O)[C@H](Cc1ccc(C(=O)c2ccccc2)cc1)NC(=O)[C@H](Cc1ccccc1)NC(=O)[C@@H](N)CO)C(=O)N[C@@H](CCCN=C(N)N)C(=O)N[C@@H](CC(N)=O)C(N)=O. The number of rotatable bonds is 26. The smallest absolute Gasteiger partial charge is 0.243 e. The van der Waals surface area contributed by atoms with Crippen molar-refractivity contribution in [1.29, 1.82) is 0 Å². The highest BCUT2D eigenvalue weighted by Crippen LogP contribution is 2.15. The molecular weight excluding hydrogens is 827 g/mol. The molecule has 0 saturated heterocycles. The third-order valence-electron chi connectivity index (χ3n) is 9.76. The van der Waals surface area contributed by atoms with Crippen LogP contribution in [0.4, 0.5) is 0 Å². The summed E-state index contributed by atoms with van der Waals surface area (Å²) < 4.78 is 0. The molecule has 6 atom stereocenters. The lowest BCUT2D eigenvalue weighted by Gasteiger charge is -2.28. The molecule has 0 saturated carbocycles. The Labute approximate surface area is 370 Å². The van der Waals surface area contributed by atoms with E-state index < -0.39 is 90.6 Å². The van der Waals surface area contributed by atoms with Gasteiger partial charge in [0.1, 0.15) is 36.3 Å². The van der Waals surface area contributed by atoms with E-state index in [4.69, 9.17) is 28.7 Å². The molecule has 0 spiro atoms. The lowest BCUT2D eigenvalue weighted by molar-refractivity contribution is -0.135. The summed E-state index contributed by atoms with van der Waals surface area (Å²) >= 11 is 0. The first kappa shape index (κ1) is 51.2. The molecule has 64 heavy (non-hydrogen) atoms. The Balaban J connectivity index is 1.98. The Kier molecular flexibility index (Phi) is 20.5. The number of guanidine groups is 1. The number of aliphatic imine (C=N–C) groups is 1. The van der Waals surface area contributed by atoms with Gasteiger partial charge in [-0.25, -0.2) is 0 Å². The fourth-order valence-electron chi connectivity index (χ4n) is 6.40. The Bertz CT molecular complexity index is 2100. The summed E-state index contributed by atoms with van der Waals surface area (Å²) in [6.07, 6.45) is -0.627. The van der Waals surface area contributed by atoms with Crippen LogP contribution in [0.15, 0.2) is 89.9 Å². The summed E-state index contributed by atoms with van der Waals surface area (Å²) in [5, 5.41) is 22.5. The monoisotopic (exact) mass is 885 g/mol. The summed E-state index contributed by atoms with van der Waals surface area (Å²) in [4.78, 5) is 110. The van der Waals surface area contributed by atoms with Crippen LogP contribution in [-0.2, 0) is 46.4 Å². The van der Waals surface area contributed by atoms with Gasteiger partial charge in [0.15, 0.2) is 11.7 Å². The molecule has 0 heterocycles. The molecule has 20 heteroatoms. The number of hydrogen-bond acceptors (Lipinski definition) is 11. The Morgan fingerprint density at radius 1 is 0.578 bits per heavy atom. The number of nitrogens with one attached hydrogen (secondary N) is 5. The Hall–Kier alpha value is -7.19. The van der Waals surface area contributed by atoms with Crippen LogP contribution in [0.25, 0.3) is 0 Å². The number of amides is 7. The van der Waals surface area contributed by atoms with Crippen molar-refractivity contribution >= 4 is 53.1 Å². The maximum atomic E-state index is 14.4. The van der Waals surface area contributed by atoms with Gasteiger partial charge in [0, 0.05) is 30.5 Å². The Morgan fingerprint density at radius 3 is 1.55 bits per heavy atom. The number of ketones is 1. The first-order chi connectivity index (χ1) is 30.4. The molecule has 0 unspecified atom stereocenters. The van der Waals surface area contributed by atoms with Crippen LogP contribution in [0.1, 0.15) is 66.6 Å². The Morgan fingerprint density at radius 2 is 1.03 bits per heavy atom. The molecule has 3 rings (SSSR count). The van der Waals surface area contributed by atoms with Gasteiger partial charge in [-0.1, -0.05) is 98.8 Å². The van der Waals surface area contributed by atoms with Gasteiger partial charge < -0.3 is 60.4 Å². The van der Waals surface area contributed by atoms with Gasteiger partial charge in [-0.3, -0.25) is 43.3 Å². The van der Waals surface area contributed by atoms with Crippen molar-refractivity contribution in [2.24, 2.45) is 39.6 Å². The van der Waals surface area contributed by atoms with E-state index in [-0.39, 0.29) is 56.3 Å². The molecule has 7 amide bonds. The summed E-state index contributed by atoms with van der Waals surface area (Å²) in [5.41, 5.74) is 29.3. The zero-order valence-electron chi connectivity index (χ0n) is 35.8. The molecule has 344 valence electrons. The van der Waals surface area contributed by atoms with Crippen molar-refractivity contribution in [2.45, 2.75) is 88.6 Å². The van der Waals surface area contributed by atoms with Crippen LogP contribution in [0, 0.1) is 5.92 Å².